The topological polar surface area (TPSA) is 387 Å². The van der Waals surface area contributed by atoms with Crippen molar-refractivity contribution in [2.45, 2.75) is 122 Å². The third-order valence-electron chi connectivity index (χ3n) is 13.4. The molecule has 0 spiro atoms. The van der Waals surface area contributed by atoms with Crippen LogP contribution in [-0.4, -0.2) is 155 Å². The highest BCUT2D eigenvalue weighted by atomic mass is 32.7. The molecule has 11 atom stereocenters. The number of hydrogen-bond acceptors (Lipinski definition) is 22. The first-order chi connectivity index (χ1) is 40.6. The van der Waals surface area contributed by atoms with Crippen LogP contribution in [0.4, 0.5) is 21.2 Å². The molecule has 3 aromatic heterocycles. The molecule has 1 saturated carbocycles. The van der Waals surface area contributed by atoms with Gasteiger partial charge in [-0.25, -0.2) is 29.1 Å². The van der Waals surface area contributed by atoms with Gasteiger partial charge in [-0.05, 0) is 81.2 Å². The molecule has 8 rings (SSSR count). The predicted molar refractivity (Wildman–Crippen MR) is 312 cm³/mol. The summed E-state index contributed by atoms with van der Waals surface area (Å²) in [6.45, 7) is -0.0398. The van der Waals surface area contributed by atoms with Crippen LogP contribution in [0.2, 0.25) is 0 Å². The van der Waals surface area contributed by atoms with Gasteiger partial charge in [0.05, 0.1) is 25.6 Å². The van der Waals surface area contributed by atoms with E-state index in [4.69, 9.17) is 48.8 Å². The van der Waals surface area contributed by atoms with Gasteiger partial charge in [0.15, 0.2) is 17.4 Å². The number of thiol groups is 1. The van der Waals surface area contributed by atoms with E-state index < -0.39 is 128 Å². The van der Waals surface area contributed by atoms with Crippen LogP contribution in [0.3, 0.4) is 0 Å². The van der Waals surface area contributed by atoms with Crippen LogP contribution in [0.5, 0.6) is 5.88 Å². The second-order valence-corrected chi connectivity index (χ2v) is 27.3. The normalized spacial score (nSPS) is 24.8. The van der Waals surface area contributed by atoms with Crippen LogP contribution in [0, 0.1) is 11.8 Å². The van der Waals surface area contributed by atoms with Crippen LogP contribution in [0.15, 0.2) is 78.2 Å². The molecule has 5 aromatic rings. The Morgan fingerprint density at radius 3 is 2.41 bits per heavy atom. The molecule has 2 bridgehead atoms. The van der Waals surface area contributed by atoms with Gasteiger partial charge < -0.3 is 68.7 Å². The first kappa shape index (κ1) is 65.0. The van der Waals surface area contributed by atoms with E-state index in [1.54, 1.807) is 83.1 Å². The van der Waals surface area contributed by atoms with Crippen LogP contribution in [-0.2, 0) is 76.2 Å². The molecular formula is C52H66N12O18P2S2. The zero-order valence-corrected chi connectivity index (χ0v) is 51.0. The molecule has 2 saturated heterocycles. The summed E-state index contributed by atoms with van der Waals surface area (Å²) in [6.07, 6.45) is -4.26. The van der Waals surface area contributed by atoms with Gasteiger partial charge in [0.1, 0.15) is 61.6 Å². The standard InChI is InChI=1S/C52H66N12O18P2S2/c1-27(2)39(59-37(65)20-54-50(71)80-52(4,5)6)46(69)57-28(3)44(67)58-32-14-12-29(13-15-32)22-75-51(72)63(7)21-30-10-8-9-11-34(30)45(68)61-49-60-43-40(47(70)62-49)56-26-64(43)48-42-41(66)36(79-48)24-77-83(73,85)81-35-19-33(78-38-16-17-53-25-55-38)18-31(35)23-76-84(74,86)82-42/h8-17,25-28,31,33,35-36,39,41-42,48,66H,18-24H2,1-7H3,(H,54,71)(H,57,69)(H,58,67)(H,59,65)(H,73,85)(H,74,86)(H2,60,61,62,68,70)/t28-,31+,33+,35-,36+,39-,41+,42+,48+,83?,84?/m0/s1. The average molecular weight is 1270 g/mol. The van der Waals surface area contributed by atoms with E-state index in [0.29, 0.717) is 29.1 Å². The van der Waals surface area contributed by atoms with E-state index in [-0.39, 0.29) is 54.8 Å². The summed E-state index contributed by atoms with van der Waals surface area (Å²) in [7, 11) is 1.46. The molecule has 34 heteroatoms. The molecule has 0 radical (unpaired) electrons. The molecule has 2 aliphatic heterocycles. The number of fused-ring (bicyclic) bond motifs is 4. The molecule has 2 aromatic carbocycles. The van der Waals surface area contributed by atoms with Crippen molar-refractivity contribution in [2.24, 2.45) is 11.8 Å². The maximum Gasteiger partial charge on any atom is 0.410 e. The van der Waals surface area contributed by atoms with E-state index in [2.05, 4.69) is 63.8 Å². The largest absolute Gasteiger partial charge is 0.474 e. The van der Waals surface area contributed by atoms with Crippen LogP contribution in [0.25, 0.3) is 11.2 Å². The molecule has 86 heavy (non-hydrogen) atoms. The maximum absolute atomic E-state index is 14.0. The van der Waals surface area contributed by atoms with Crippen molar-refractivity contribution in [3.8, 4) is 5.88 Å². The van der Waals surface area contributed by atoms with Crippen molar-refractivity contribution in [1.29, 1.82) is 0 Å². The number of aromatic nitrogens is 6. The quantitative estimate of drug-likeness (QED) is 0.0464. The Morgan fingerprint density at radius 2 is 1.70 bits per heavy atom. The number of nitrogens with zero attached hydrogens (tertiary/aromatic N) is 6. The van der Waals surface area contributed by atoms with Crippen molar-refractivity contribution < 1.29 is 80.4 Å². The number of rotatable bonds is 17. The molecule has 5 heterocycles. The minimum absolute atomic E-state index is 0.0913. The number of amides is 6. The number of aliphatic hydroxyl groups excluding tert-OH is 1. The summed E-state index contributed by atoms with van der Waals surface area (Å²) in [6, 6.07) is 12.2. The summed E-state index contributed by atoms with van der Waals surface area (Å²) >= 11 is 9.60. The fraction of sp³-hybridized carbons (Fsp3) is 0.481. The molecule has 3 aliphatic rings. The van der Waals surface area contributed by atoms with Gasteiger partial charge in [-0.2, -0.15) is 4.98 Å². The summed E-state index contributed by atoms with van der Waals surface area (Å²) in [4.78, 5) is 123. The van der Waals surface area contributed by atoms with Crippen LogP contribution < -0.4 is 36.9 Å². The highest BCUT2D eigenvalue weighted by Gasteiger charge is 2.51. The Balaban J connectivity index is 0.854. The molecule has 8 N–H and O–H groups in total. The van der Waals surface area contributed by atoms with Crippen molar-refractivity contribution in [3.63, 3.8) is 0 Å². The summed E-state index contributed by atoms with van der Waals surface area (Å²) in [5, 5.41) is 24.4. The highest BCUT2D eigenvalue weighted by Crippen LogP contribution is 2.59. The minimum atomic E-state index is -4.37. The molecule has 6 amide bonds. The third kappa shape index (κ3) is 17.4. The third-order valence-corrected chi connectivity index (χ3v) is 16.6. The van der Waals surface area contributed by atoms with E-state index >= 15 is 0 Å². The lowest BCUT2D eigenvalue weighted by Gasteiger charge is -2.27. The van der Waals surface area contributed by atoms with Gasteiger partial charge in [0, 0.05) is 49.4 Å². The Labute approximate surface area is 502 Å². The van der Waals surface area contributed by atoms with E-state index in [1.807, 2.05) is 0 Å². The number of nitrogens with one attached hydrogen (secondary N) is 6. The Kier molecular flexibility index (Phi) is 21.0. The van der Waals surface area contributed by atoms with Gasteiger partial charge >= 0.3 is 25.7 Å². The Hall–Kier alpha value is -6.96. The van der Waals surface area contributed by atoms with Gasteiger partial charge in [0.25, 0.3) is 11.5 Å². The summed E-state index contributed by atoms with van der Waals surface area (Å²) in [5.41, 5.74) is -0.575. The number of carbonyl (C=O) groups is 6. The first-order valence-corrected chi connectivity index (χ1v) is 32.2. The monoisotopic (exact) mass is 1270 g/mol. The van der Waals surface area contributed by atoms with Gasteiger partial charge in [-0.15, -0.1) is 0 Å². The van der Waals surface area contributed by atoms with E-state index in [1.165, 1.54) is 42.0 Å². The Bertz CT molecular complexity index is 3450. The molecule has 3 fully saturated rings. The second kappa shape index (κ2) is 27.8. The number of benzene rings is 2. The fourth-order valence-electron chi connectivity index (χ4n) is 9.22. The SMILES string of the molecule is CC(C)[C@H](NC(=O)CNC(=O)OC(C)(C)C)C(=O)N[C@@H](C)C(=O)Nc1ccc(COC(=O)N(C)Cc2ccccc2C(=O)Nc2nc3c(ncn3[C@@H]3O[C@@H]4COP(O)(=S)O[C@H]5C[C@H](Oc6ccncn6)C[C@@H]5COP(=O)(S)O[C@@H]3[C@@H]4O)c(=O)[nH]2)cc1. The minimum Gasteiger partial charge on any atom is -0.474 e. The Morgan fingerprint density at radius 1 is 0.953 bits per heavy atom. The summed E-state index contributed by atoms with van der Waals surface area (Å²) < 4.78 is 61.3. The van der Waals surface area contributed by atoms with Crippen molar-refractivity contribution in [2.75, 3.05) is 37.4 Å². The van der Waals surface area contributed by atoms with Gasteiger partial charge in [-0.3, -0.25) is 43.4 Å². The number of ether oxygens (including phenoxy) is 4. The number of H-pyrrole nitrogens is 1. The maximum atomic E-state index is 14.0. The van der Waals surface area contributed by atoms with Crippen molar-refractivity contribution in [3.05, 3.63) is 100 Å². The number of aromatic amines is 1. The van der Waals surface area contributed by atoms with Crippen LogP contribution in [0.1, 0.15) is 82.1 Å². The summed E-state index contributed by atoms with van der Waals surface area (Å²) in [5.74, 6) is -3.53. The zero-order chi connectivity index (χ0) is 62.3. The van der Waals surface area contributed by atoms with Crippen molar-refractivity contribution >= 4 is 96.2 Å². The number of hydrogen-bond donors (Lipinski definition) is 9. The number of alkyl carbamates (subject to hydrolysis) is 1. The van der Waals surface area contributed by atoms with Gasteiger partial charge in [0.2, 0.25) is 29.5 Å². The molecule has 1 aliphatic carbocycles. The lowest BCUT2D eigenvalue weighted by molar-refractivity contribution is -0.131. The van der Waals surface area contributed by atoms with E-state index in [0.717, 1.165) is 6.33 Å². The molecular weight excluding hydrogens is 1210 g/mol. The zero-order valence-electron chi connectivity index (χ0n) is 47.5. The first-order valence-electron chi connectivity index (χ1n) is 26.9. The molecule has 2 unspecified atom stereocenters. The predicted octanol–water partition coefficient (Wildman–Crippen LogP) is 4.23. The number of imidazole rings is 1. The molecule has 464 valence electrons. The number of aliphatic hydroxyl groups is 1. The van der Waals surface area contributed by atoms with Crippen molar-refractivity contribution in [1.82, 2.24) is 50.3 Å². The number of anilines is 2. The van der Waals surface area contributed by atoms with Gasteiger partial charge in [-0.1, -0.05) is 56.4 Å². The molecule has 30 nitrogen and oxygen atoms in total. The highest BCUT2D eigenvalue weighted by molar-refractivity contribution is 8.44. The fourth-order valence-corrected chi connectivity index (χ4v) is 12.2. The lowest BCUT2D eigenvalue weighted by atomic mass is 10.0. The lowest BCUT2D eigenvalue weighted by Crippen LogP contribution is -2.55. The van der Waals surface area contributed by atoms with Crippen LogP contribution >= 0.6 is 25.8 Å². The van der Waals surface area contributed by atoms with E-state index in [9.17, 15) is 48.1 Å². The number of carbonyl (C=O) groups excluding carboxylic acids is 6. The second-order valence-electron chi connectivity index (χ2n) is 21.6. The average Bonchev–Trinajstić information content (AvgIpc) is 1.84. The smallest absolute Gasteiger partial charge is 0.410 e.